The quantitative estimate of drug-likeness (QED) is 0.123. The highest BCUT2D eigenvalue weighted by Gasteiger charge is 2.45. The fourth-order valence-corrected chi connectivity index (χ4v) is 5.72. The van der Waals surface area contributed by atoms with Crippen molar-refractivity contribution in [1.29, 1.82) is 0 Å². The fourth-order valence-electron chi connectivity index (χ4n) is 2.79. The van der Waals surface area contributed by atoms with E-state index in [-0.39, 0.29) is 17.0 Å². The number of imidazole rings is 1. The van der Waals surface area contributed by atoms with E-state index >= 15 is 0 Å². The molecule has 0 saturated carbocycles. The molecule has 3 heterocycles. The van der Waals surface area contributed by atoms with Crippen LogP contribution in [0.2, 0.25) is 0 Å². The summed E-state index contributed by atoms with van der Waals surface area (Å²) >= 11 is 0. The van der Waals surface area contributed by atoms with E-state index in [2.05, 4.69) is 38.1 Å². The predicted octanol–water partition coefficient (Wildman–Crippen LogP) is -1.58. The van der Waals surface area contributed by atoms with Crippen molar-refractivity contribution in [3.05, 3.63) is 23.1 Å². The lowest BCUT2D eigenvalue weighted by Crippen LogP contribution is -2.33. The number of nitrogen functional groups attached to an aromatic ring is 1. The monoisotopic (exact) mass is 530 g/mol. The van der Waals surface area contributed by atoms with Crippen LogP contribution >= 0.6 is 23.5 Å². The van der Waals surface area contributed by atoms with Crippen LogP contribution in [0.3, 0.4) is 0 Å². The summed E-state index contributed by atoms with van der Waals surface area (Å²) in [5, 5.41) is 13.8. The van der Waals surface area contributed by atoms with Crippen molar-refractivity contribution >= 4 is 40.4 Å². The molecule has 0 aromatic carbocycles. The van der Waals surface area contributed by atoms with Gasteiger partial charge in [0, 0.05) is 4.91 Å². The predicted molar refractivity (Wildman–Crippen MR) is 98.0 cm³/mol. The first-order valence-corrected chi connectivity index (χ1v) is 12.7. The molecular weight excluding hydrogens is 517 g/mol. The molecule has 1 aliphatic rings. The van der Waals surface area contributed by atoms with Gasteiger partial charge in [0.15, 0.2) is 11.5 Å². The van der Waals surface area contributed by atoms with Crippen molar-refractivity contribution in [2.75, 3.05) is 12.3 Å². The zero-order chi connectivity index (χ0) is 24.6. The van der Waals surface area contributed by atoms with Crippen LogP contribution in [-0.4, -0.2) is 59.3 Å². The summed E-state index contributed by atoms with van der Waals surface area (Å²) in [5.74, 6) is 0.0153. The zero-order valence-electron chi connectivity index (χ0n) is 15.7. The molecule has 33 heavy (non-hydrogen) atoms. The summed E-state index contributed by atoms with van der Waals surface area (Å²) in [5.41, 5.74) is 14.8. The Balaban J connectivity index is 1.77. The van der Waals surface area contributed by atoms with E-state index in [1.54, 1.807) is 0 Å². The van der Waals surface area contributed by atoms with Crippen LogP contribution in [0.1, 0.15) is 6.23 Å². The molecule has 1 aliphatic heterocycles. The molecule has 0 aliphatic carbocycles. The van der Waals surface area contributed by atoms with E-state index in [9.17, 15) is 28.6 Å². The highest BCUT2D eigenvalue weighted by molar-refractivity contribution is 7.65. The van der Waals surface area contributed by atoms with Gasteiger partial charge in [-0.3, -0.25) is 13.7 Å². The number of aliphatic hydroxyl groups excluding tert-OH is 1. The molecule has 0 radical (unpaired) electrons. The highest BCUT2D eigenvalue weighted by Crippen LogP contribution is 2.62. The molecule has 6 atom stereocenters. The minimum Gasteiger partial charge on any atom is -0.756 e. The Labute approximate surface area is 182 Å². The minimum absolute atomic E-state index is 0.0153. The Hall–Kier alpha value is -2.01. The van der Waals surface area contributed by atoms with Gasteiger partial charge in [-0.15, -0.1) is 0 Å². The van der Waals surface area contributed by atoms with E-state index in [0.29, 0.717) is 0 Å². The van der Waals surface area contributed by atoms with Crippen molar-refractivity contribution in [1.82, 2.24) is 19.5 Å². The Bertz CT molecular complexity index is 1230. The molecular formula is C10H13N8O12P3-2. The number of anilines is 1. The van der Waals surface area contributed by atoms with Crippen LogP contribution in [-0.2, 0) is 31.6 Å². The summed E-state index contributed by atoms with van der Waals surface area (Å²) in [7, 11) is -17.5. The summed E-state index contributed by atoms with van der Waals surface area (Å²) in [6.07, 6.45) is -2.18. The number of aliphatic hydroxyl groups is 1. The number of ether oxygens (including phenoxy) is 1. The first-order chi connectivity index (χ1) is 15.2. The number of rotatable bonds is 9. The van der Waals surface area contributed by atoms with Crippen LogP contribution in [0.25, 0.3) is 21.6 Å². The Morgan fingerprint density at radius 2 is 1.94 bits per heavy atom. The lowest BCUT2D eigenvalue weighted by molar-refractivity contribution is -0.241. The molecule has 2 aromatic heterocycles. The van der Waals surface area contributed by atoms with Gasteiger partial charge in [0.1, 0.15) is 30.2 Å². The average molecular weight is 530 g/mol. The maximum absolute atomic E-state index is 11.7. The lowest BCUT2D eigenvalue weighted by Gasteiger charge is -2.31. The lowest BCUT2D eigenvalue weighted by atomic mass is 10.1. The number of azide groups is 1. The average Bonchev–Trinajstić information content (AvgIpc) is 3.20. The van der Waals surface area contributed by atoms with Crippen LogP contribution in [0, 0.1) is 0 Å². The maximum Gasteiger partial charge on any atom is 0.476 e. The van der Waals surface area contributed by atoms with Crippen molar-refractivity contribution < 1.29 is 56.3 Å². The van der Waals surface area contributed by atoms with Gasteiger partial charge in [-0.1, -0.05) is 5.11 Å². The zero-order valence-corrected chi connectivity index (χ0v) is 18.4. The van der Waals surface area contributed by atoms with Crippen molar-refractivity contribution in [3.63, 3.8) is 0 Å². The number of phosphoric ester groups is 1. The largest absolute Gasteiger partial charge is 0.756 e. The summed E-state index contributed by atoms with van der Waals surface area (Å²) < 4.78 is 51.4. The number of nitrogens with zero attached hydrogens (tertiary/aromatic N) is 7. The molecule has 5 N–H and O–H groups in total. The van der Waals surface area contributed by atoms with Crippen molar-refractivity contribution in [2.24, 2.45) is 5.11 Å². The van der Waals surface area contributed by atoms with Crippen LogP contribution in [0.5, 0.6) is 0 Å². The van der Waals surface area contributed by atoms with E-state index < -0.39 is 54.6 Å². The normalized spacial score (nSPS) is 27.1. The number of fused-ring (bicyclic) bond motifs is 1. The standard InChI is InChI=1S/C10H15N8O12P3/c11-8-6-9(14-2-13-8)18(3-15-6)10-5(16-17-12)7(19)4(28-10)1-27-32(23,24)30-33(25,26)29-31(20,21)22/h2-5,7,10,19H,1H2,(H,23,24)(H,25,26)(H2,11,13,14)(H2,20,21,22)/p-2. The second-order valence-electron chi connectivity index (χ2n) is 6.18. The number of aromatic nitrogens is 4. The number of phosphoric acid groups is 3. The first kappa shape index (κ1) is 25.6. The summed E-state index contributed by atoms with van der Waals surface area (Å²) in [4.78, 5) is 54.3. The van der Waals surface area contributed by atoms with E-state index in [1.807, 2.05) is 0 Å². The van der Waals surface area contributed by atoms with Crippen LogP contribution in [0.15, 0.2) is 17.8 Å². The van der Waals surface area contributed by atoms with Crippen LogP contribution < -0.4 is 15.5 Å². The third kappa shape index (κ3) is 6.11. The van der Waals surface area contributed by atoms with E-state index in [1.165, 1.54) is 10.9 Å². The van der Waals surface area contributed by atoms with Crippen molar-refractivity contribution in [3.8, 4) is 0 Å². The van der Waals surface area contributed by atoms with Gasteiger partial charge in [0.2, 0.25) is 0 Å². The highest BCUT2D eigenvalue weighted by atomic mass is 31.3. The van der Waals surface area contributed by atoms with Gasteiger partial charge < -0.3 is 39.7 Å². The van der Waals surface area contributed by atoms with Gasteiger partial charge in [-0.25, -0.2) is 28.1 Å². The summed E-state index contributed by atoms with van der Waals surface area (Å²) in [6.45, 7) is -1.06. The molecule has 20 nitrogen and oxygen atoms in total. The molecule has 182 valence electrons. The van der Waals surface area contributed by atoms with E-state index in [0.717, 1.165) is 6.33 Å². The molecule has 0 bridgehead atoms. The number of hydrogen-bond donors (Lipinski definition) is 4. The Morgan fingerprint density at radius 3 is 2.58 bits per heavy atom. The van der Waals surface area contributed by atoms with E-state index in [4.69, 9.17) is 25.8 Å². The Morgan fingerprint density at radius 1 is 1.24 bits per heavy atom. The van der Waals surface area contributed by atoms with Gasteiger partial charge in [-0.2, -0.15) is 0 Å². The third-order valence-electron chi connectivity index (χ3n) is 3.99. The minimum atomic E-state index is -6.04. The molecule has 2 aromatic rings. The molecule has 6 unspecified atom stereocenters. The van der Waals surface area contributed by atoms with Gasteiger partial charge >= 0.3 is 7.82 Å². The van der Waals surface area contributed by atoms with Crippen molar-refractivity contribution in [2.45, 2.75) is 24.5 Å². The molecule has 23 heteroatoms. The van der Waals surface area contributed by atoms with Gasteiger partial charge in [0.25, 0.3) is 15.6 Å². The molecule has 1 saturated heterocycles. The third-order valence-corrected chi connectivity index (χ3v) is 7.70. The molecule has 3 rings (SSSR count). The molecule has 0 amide bonds. The topological polar surface area (TPSA) is 313 Å². The van der Waals surface area contributed by atoms with Gasteiger partial charge in [-0.05, 0) is 5.53 Å². The number of hydrogen-bond acceptors (Lipinski definition) is 15. The SMILES string of the molecule is [N-]=[N+]=NC1C(O)C(COP(=O)([O-])OP(=O)([O-])OP(=O)(O)O)OC1n1cnc2c(N)ncnc21. The fraction of sp³-hybridized carbons (Fsp3) is 0.500. The smallest absolute Gasteiger partial charge is 0.476 e. The molecule has 0 spiro atoms. The van der Waals surface area contributed by atoms with Gasteiger partial charge in [0.05, 0.1) is 19.0 Å². The molecule has 1 fully saturated rings. The number of nitrogens with two attached hydrogens (primary N) is 1. The maximum atomic E-state index is 11.7. The summed E-state index contributed by atoms with van der Waals surface area (Å²) in [6, 6.07) is -1.35. The second kappa shape index (κ2) is 9.32. The van der Waals surface area contributed by atoms with Crippen LogP contribution in [0.4, 0.5) is 5.82 Å². The Kier molecular flexibility index (Phi) is 7.24. The first-order valence-electron chi connectivity index (χ1n) is 8.28. The second-order valence-corrected chi connectivity index (χ2v) is 10.5.